The van der Waals surface area contributed by atoms with Gasteiger partial charge in [0.1, 0.15) is 6.61 Å². The average molecular weight is 410 g/mol. The zero-order valence-electron chi connectivity index (χ0n) is 14.3. The topological polar surface area (TPSA) is 69.2 Å². The molecule has 0 unspecified atom stereocenters. The number of aliphatic hydroxyl groups excluding tert-OH is 1. The standard InChI is InChI=1S/C18H17Cl2N3O2S/c1-8-18(26-9(2)21-8)10-5-12(19)16(20)17-15(10)11-6-23(14(25)7-24)4-3-13(11)22-17/h5,22,24H,3-4,6-7H2,1-2H3. The van der Waals surface area contributed by atoms with E-state index in [-0.39, 0.29) is 5.91 Å². The second-order valence-corrected chi connectivity index (χ2v) is 8.41. The van der Waals surface area contributed by atoms with Crippen molar-refractivity contribution in [3.63, 3.8) is 0 Å². The van der Waals surface area contributed by atoms with Crippen LogP contribution >= 0.6 is 34.5 Å². The summed E-state index contributed by atoms with van der Waals surface area (Å²) in [6, 6.07) is 1.88. The highest BCUT2D eigenvalue weighted by atomic mass is 35.5. The third-order valence-corrected chi connectivity index (χ3v) is 6.67. The Labute approximate surface area is 164 Å². The van der Waals surface area contributed by atoms with Gasteiger partial charge in [-0.2, -0.15) is 0 Å². The van der Waals surface area contributed by atoms with E-state index in [9.17, 15) is 9.90 Å². The Balaban J connectivity index is 1.99. The molecule has 0 aliphatic carbocycles. The SMILES string of the molecule is Cc1nc(C)c(-c2cc(Cl)c(Cl)c3[nH]c4c(c23)CN(C(=O)CO)CC4)s1. The van der Waals surface area contributed by atoms with Crippen LogP contribution in [0.2, 0.25) is 10.0 Å². The van der Waals surface area contributed by atoms with Gasteiger partial charge in [0, 0.05) is 41.7 Å². The lowest BCUT2D eigenvalue weighted by molar-refractivity contribution is -0.135. The van der Waals surface area contributed by atoms with Gasteiger partial charge >= 0.3 is 0 Å². The minimum Gasteiger partial charge on any atom is -0.387 e. The lowest BCUT2D eigenvalue weighted by atomic mass is 9.99. The van der Waals surface area contributed by atoms with Gasteiger partial charge in [0.15, 0.2) is 0 Å². The largest absolute Gasteiger partial charge is 0.387 e. The first-order valence-electron chi connectivity index (χ1n) is 8.25. The molecule has 1 aliphatic heterocycles. The number of thiazole rings is 1. The van der Waals surface area contributed by atoms with Crippen LogP contribution in [0.15, 0.2) is 6.07 Å². The maximum atomic E-state index is 12.0. The lowest BCUT2D eigenvalue weighted by Gasteiger charge is -2.26. The molecule has 0 atom stereocenters. The zero-order valence-corrected chi connectivity index (χ0v) is 16.6. The van der Waals surface area contributed by atoms with Crippen molar-refractivity contribution in [2.75, 3.05) is 13.2 Å². The molecule has 1 aromatic carbocycles. The molecule has 1 amide bonds. The number of aryl methyl sites for hydroxylation is 2. The molecule has 0 bridgehead atoms. The van der Waals surface area contributed by atoms with Crippen molar-refractivity contribution < 1.29 is 9.90 Å². The number of hydrogen-bond donors (Lipinski definition) is 2. The Morgan fingerprint density at radius 3 is 2.85 bits per heavy atom. The van der Waals surface area contributed by atoms with E-state index in [1.807, 2.05) is 19.9 Å². The molecule has 2 aromatic heterocycles. The van der Waals surface area contributed by atoms with Gasteiger partial charge in [-0.05, 0) is 19.9 Å². The van der Waals surface area contributed by atoms with E-state index in [1.54, 1.807) is 16.2 Å². The van der Waals surface area contributed by atoms with E-state index in [2.05, 4.69) is 9.97 Å². The number of amides is 1. The monoisotopic (exact) mass is 409 g/mol. The van der Waals surface area contributed by atoms with E-state index in [4.69, 9.17) is 23.2 Å². The molecule has 4 rings (SSSR count). The summed E-state index contributed by atoms with van der Waals surface area (Å²) in [6.07, 6.45) is 0.684. The minimum atomic E-state index is -0.482. The molecule has 3 aromatic rings. The van der Waals surface area contributed by atoms with Crippen molar-refractivity contribution in [1.82, 2.24) is 14.9 Å². The van der Waals surface area contributed by atoms with Gasteiger partial charge in [-0.1, -0.05) is 23.2 Å². The second kappa shape index (κ2) is 6.53. The quantitative estimate of drug-likeness (QED) is 0.669. The number of aliphatic hydroxyl groups is 1. The minimum absolute atomic E-state index is 0.267. The summed E-state index contributed by atoms with van der Waals surface area (Å²) in [5, 5.41) is 12.1. The fourth-order valence-electron chi connectivity index (χ4n) is 3.61. The molecule has 136 valence electrons. The van der Waals surface area contributed by atoms with Crippen molar-refractivity contribution in [1.29, 1.82) is 0 Å². The zero-order chi connectivity index (χ0) is 18.6. The Morgan fingerprint density at radius 1 is 1.42 bits per heavy atom. The summed E-state index contributed by atoms with van der Waals surface area (Å²) in [4.78, 5) is 22.6. The number of nitrogens with one attached hydrogen (secondary N) is 1. The highest BCUT2D eigenvalue weighted by Crippen LogP contribution is 2.44. The number of fused-ring (bicyclic) bond motifs is 3. The fourth-order valence-corrected chi connectivity index (χ4v) is 4.95. The smallest absolute Gasteiger partial charge is 0.248 e. The number of H-pyrrole nitrogens is 1. The van der Waals surface area contributed by atoms with Gasteiger partial charge < -0.3 is 15.0 Å². The number of rotatable bonds is 2. The van der Waals surface area contributed by atoms with Crippen LogP contribution in [0.5, 0.6) is 0 Å². The number of benzene rings is 1. The van der Waals surface area contributed by atoms with Crippen molar-refractivity contribution in [3.05, 3.63) is 38.1 Å². The number of halogens is 2. The average Bonchev–Trinajstić information content (AvgIpc) is 3.16. The van der Waals surface area contributed by atoms with Crippen molar-refractivity contribution >= 4 is 51.3 Å². The van der Waals surface area contributed by atoms with Gasteiger partial charge in [0.2, 0.25) is 5.91 Å². The lowest BCUT2D eigenvalue weighted by Crippen LogP contribution is -2.37. The Bertz CT molecular complexity index is 1040. The van der Waals surface area contributed by atoms with Gasteiger partial charge in [-0.3, -0.25) is 4.79 Å². The van der Waals surface area contributed by atoms with Gasteiger partial charge in [-0.25, -0.2) is 4.98 Å². The molecule has 0 spiro atoms. The first-order chi connectivity index (χ1) is 12.4. The van der Waals surface area contributed by atoms with E-state index in [1.165, 1.54) is 0 Å². The van der Waals surface area contributed by atoms with Crippen molar-refractivity contribution in [2.45, 2.75) is 26.8 Å². The van der Waals surface area contributed by atoms with E-state index < -0.39 is 6.61 Å². The number of aromatic amines is 1. The van der Waals surface area contributed by atoms with Crippen LogP contribution in [0.25, 0.3) is 21.3 Å². The molecule has 0 fully saturated rings. The molecule has 26 heavy (non-hydrogen) atoms. The van der Waals surface area contributed by atoms with Crippen LogP contribution in [-0.2, 0) is 17.8 Å². The summed E-state index contributed by atoms with van der Waals surface area (Å²) in [7, 11) is 0. The van der Waals surface area contributed by atoms with Crippen LogP contribution in [0.4, 0.5) is 0 Å². The maximum Gasteiger partial charge on any atom is 0.248 e. The third kappa shape index (κ3) is 2.72. The first kappa shape index (κ1) is 17.8. The highest BCUT2D eigenvalue weighted by Gasteiger charge is 2.27. The van der Waals surface area contributed by atoms with Crippen molar-refractivity contribution in [3.8, 4) is 10.4 Å². The number of nitrogens with zero attached hydrogens (tertiary/aromatic N) is 2. The molecular formula is C18H17Cl2N3O2S. The fraction of sp³-hybridized carbons (Fsp3) is 0.333. The highest BCUT2D eigenvalue weighted by molar-refractivity contribution is 7.15. The molecule has 8 heteroatoms. The second-order valence-electron chi connectivity index (χ2n) is 6.42. The van der Waals surface area contributed by atoms with Crippen LogP contribution in [0, 0.1) is 13.8 Å². The summed E-state index contributed by atoms with van der Waals surface area (Å²) in [6.45, 7) is 4.48. The normalized spacial score (nSPS) is 14.1. The molecule has 0 radical (unpaired) electrons. The van der Waals surface area contributed by atoms with Crippen LogP contribution < -0.4 is 0 Å². The first-order valence-corrected chi connectivity index (χ1v) is 9.82. The van der Waals surface area contributed by atoms with Crippen LogP contribution in [0.1, 0.15) is 22.0 Å². The number of carbonyl (C=O) groups is 1. The van der Waals surface area contributed by atoms with E-state index in [0.29, 0.717) is 29.6 Å². The van der Waals surface area contributed by atoms with Crippen molar-refractivity contribution in [2.24, 2.45) is 0 Å². The molecular weight excluding hydrogens is 393 g/mol. The molecule has 5 nitrogen and oxygen atoms in total. The Kier molecular flexibility index (Phi) is 4.47. The summed E-state index contributed by atoms with van der Waals surface area (Å²) < 4.78 is 0. The predicted molar refractivity (Wildman–Crippen MR) is 105 cm³/mol. The predicted octanol–water partition coefficient (Wildman–Crippen LogP) is 4.09. The summed E-state index contributed by atoms with van der Waals surface area (Å²) >= 11 is 14.5. The maximum absolute atomic E-state index is 12.0. The Morgan fingerprint density at radius 2 is 2.19 bits per heavy atom. The van der Waals surface area contributed by atoms with E-state index in [0.717, 1.165) is 43.3 Å². The summed E-state index contributed by atoms with van der Waals surface area (Å²) in [5.41, 5.74) is 4.82. The Hall–Kier alpha value is -1.60. The van der Waals surface area contributed by atoms with Crippen LogP contribution in [0.3, 0.4) is 0 Å². The van der Waals surface area contributed by atoms with Crippen LogP contribution in [-0.4, -0.2) is 39.0 Å². The van der Waals surface area contributed by atoms with E-state index >= 15 is 0 Å². The number of aromatic nitrogens is 2. The number of hydrogen-bond acceptors (Lipinski definition) is 4. The molecule has 2 N–H and O–H groups in total. The third-order valence-electron chi connectivity index (χ3n) is 4.78. The molecule has 0 saturated heterocycles. The van der Waals surface area contributed by atoms with Gasteiger partial charge in [0.05, 0.1) is 31.1 Å². The van der Waals surface area contributed by atoms with Gasteiger partial charge in [0.25, 0.3) is 0 Å². The van der Waals surface area contributed by atoms with Gasteiger partial charge in [-0.15, -0.1) is 11.3 Å². The molecule has 1 aliphatic rings. The summed E-state index contributed by atoms with van der Waals surface area (Å²) in [5.74, 6) is -0.267. The molecule has 0 saturated carbocycles. The number of carbonyl (C=O) groups excluding carboxylic acids is 1. The molecule has 3 heterocycles.